The lowest BCUT2D eigenvalue weighted by Crippen LogP contribution is -2.21. The topological polar surface area (TPSA) is 53.6 Å². The largest absolute Gasteiger partial charge is 0.342 e. The van der Waals surface area contributed by atoms with E-state index in [-0.39, 0.29) is 11.7 Å². The second-order valence-electron chi connectivity index (χ2n) is 2.70. The van der Waals surface area contributed by atoms with Gasteiger partial charge in [-0.25, -0.2) is 9.89 Å². The van der Waals surface area contributed by atoms with Crippen LogP contribution in [0.3, 0.4) is 0 Å². The lowest BCUT2D eigenvalue weighted by atomic mass is 10.2. The van der Waals surface area contributed by atoms with Gasteiger partial charge in [-0.2, -0.15) is 0 Å². The highest BCUT2D eigenvalue weighted by Crippen LogP contribution is 2.11. The first-order valence-corrected chi connectivity index (χ1v) is 4.50. The quantitative estimate of drug-likeness (QED) is 0.706. The van der Waals surface area contributed by atoms with Gasteiger partial charge in [-0.15, -0.1) is 0 Å². The van der Waals surface area contributed by atoms with Gasteiger partial charge in [-0.3, -0.25) is 9.67 Å². The predicted octanol–water partition coefficient (Wildman–Crippen LogP) is 1.60. The molecule has 1 aromatic heterocycles. The van der Waals surface area contributed by atoms with Crippen LogP contribution in [0.15, 0.2) is 4.79 Å². The number of aromatic nitrogens is 3. The van der Waals surface area contributed by atoms with Crippen LogP contribution in [-0.2, 0) is 0 Å². The summed E-state index contributed by atoms with van der Waals surface area (Å²) in [6.07, 6.45) is 1.84. The molecule has 0 aliphatic heterocycles. The molecule has 0 bridgehead atoms. The van der Waals surface area contributed by atoms with Gasteiger partial charge < -0.3 is 0 Å². The first-order valence-electron chi connectivity index (χ1n) is 4.09. The molecule has 4 nitrogen and oxygen atoms in total. The zero-order valence-electron chi connectivity index (χ0n) is 7.26. The Bertz CT molecular complexity index is 317. The number of nitrogens with zero attached hydrogens (tertiary/aromatic N) is 1. The standard InChI is InChI=1S/C7H13N3OS/c1-3-5(4-2)10-6(11)8-9-7(10)12/h5H,3-4H2,1-2H3,(H,8,11)(H,9,12). The molecule has 0 saturated carbocycles. The van der Waals surface area contributed by atoms with Crippen molar-refractivity contribution in [3.8, 4) is 0 Å². The molecule has 12 heavy (non-hydrogen) atoms. The Hall–Kier alpha value is -0.840. The molecule has 1 aromatic rings. The van der Waals surface area contributed by atoms with Crippen molar-refractivity contribution in [2.45, 2.75) is 32.7 Å². The zero-order valence-corrected chi connectivity index (χ0v) is 8.07. The summed E-state index contributed by atoms with van der Waals surface area (Å²) < 4.78 is 2.07. The van der Waals surface area contributed by atoms with E-state index in [1.807, 2.05) is 13.8 Å². The third-order valence-corrected chi connectivity index (χ3v) is 2.32. The van der Waals surface area contributed by atoms with Crippen LogP contribution in [-0.4, -0.2) is 14.8 Å². The van der Waals surface area contributed by atoms with Gasteiger partial charge in [0.05, 0.1) is 0 Å². The predicted molar refractivity (Wildman–Crippen MR) is 49.9 cm³/mol. The Kier molecular flexibility index (Phi) is 2.86. The Morgan fingerprint density at radius 3 is 2.33 bits per heavy atom. The highest BCUT2D eigenvalue weighted by Gasteiger charge is 2.09. The second kappa shape index (κ2) is 3.71. The Morgan fingerprint density at radius 2 is 2.00 bits per heavy atom. The van der Waals surface area contributed by atoms with E-state index in [1.54, 1.807) is 4.57 Å². The lowest BCUT2D eigenvalue weighted by Gasteiger charge is -2.11. The van der Waals surface area contributed by atoms with Crippen molar-refractivity contribution in [3.63, 3.8) is 0 Å². The summed E-state index contributed by atoms with van der Waals surface area (Å²) in [6, 6.07) is 0.215. The molecule has 0 fully saturated rings. The fourth-order valence-electron chi connectivity index (χ4n) is 1.31. The van der Waals surface area contributed by atoms with Crippen LogP contribution in [0.2, 0.25) is 0 Å². The summed E-state index contributed by atoms with van der Waals surface area (Å²) in [4.78, 5) is 11.2. The molecule has 68 valence electrons. The fraction of sp³-hybridized carbons (Fsp3) is 0.714. The third-order valence-electron chi connectivity index (χ3n) is 2.02. The van der Waals surface area contributed by atoms with Crippen LogP contribution >= 0.6 is 12.2 Å². The van der Waals surface area contributed by atoms with Gasteiger partial charge in [0, 0.05) is 6.04 Å². The van der Waals surface area contributed by atoms with Crippen molar-refractivity contribution in [2.24, 2.45) is 0 Å². The molecule has 2 N–H and O–H groups in total. The van der Waals surface area contributed by atoms with E-state index < -0.39 is 0 Å². The number of hydrogen-bond acceptors (Lipinski definition) is 2. The molecule has 1 heterocycles. The average molecular weight is 187 g/mol. The molecule has 0 unspecified atom stereocenters. The van der Waals surface area contributed by atoms with Crippen molar-refractivity contribution in [3.05, 3.63) is 15.3 Å². The van der Waals surface area contributed by atoms with Crippen molar-refractivity contribution in [1.29, 1.82) is 0 Å². The highest BCUT2D eigenvalue weighted by atomic mass is 32.1. The van der Waals surface area contributed by atoms with Crippen molar-refractivity contribution in [2.75, 3.05) is 0 Å². The summed E-state index contributed by atoms with van der Waals surface area (Å²) in [5, 5.41) is 5.09. The second-order valence-corrected chi connectivity index (χ2v) is 3.09. The van der Waals surface area contributed by atoms with Crippen molar-refractivity contribution < 1.29 is 0 Å². The van der Waals surface area contributed by atoms with E-state index >= 15 is 0 Å². The molecule has 0 atom stereocenters. The molecule has 0 aliphatic carbocycles. The summed E-state index contributed by atoms with van der Waals surface area (Å²) >= 11 is 4.96. The van der Waals surface area contributed by atoms with E-state index in [1.165, 1.54) is 0 Å². The first kappa shape index (κ1) is 9.25. The van der Waals surface area contributed by atoms with E-state index in [9.17, 15) is 4.79 Å². The third kappa shape index (κ3) is 1.50. The number of rotatable bonds is 3. The Labute approximate surface area is 75.6 Å². The van der Waals surface area contributed by atoms with Crippen molar-refractivity contribution in [1.82, 2.24) is 14.8 Å². The number of H-pyrrole nitrogens is 2. The van der Waals surface area contributed by atoms with Crippen LogP contribution in [0.5, 0.6) is 0 Å². The maximum absolute atomic E-state index is 11.2. The van der Waals surface area contributed by atoms with Crippen LogP contribution in [0.1, 0.15) is 32.7 Å². The summed E-state index contributed by atoms with van der Waals surface area (Å²) in [5.41, 5.74) is -0.145. The highest BCUT2D eigenvalue weighted by molar-refractivity contribution is 7.71. The summed E-state index contributed by atoms with van der Waals surface area (Å²) in [6.45, 7) is 4.09. The smallest absolute Gasteiger partial charge is 0.272 e. The van der Waals surface area contributed by atoms with Gasteiger partial charge >= 0.3 is 5.69 Å². The number of nitrogens with one attached hydrogen (secondary N) is 2. The van der Waals surface area contributed by atoms with E-state index in [4.69, 9.17) is 12.2 Å². The maximum Gasteiger partial charge on any atom is 0.342 e. The first-order chi connectivity index (χ1) is 5.70. The minimum absolute atomic E-state index is 0.145. The van der Waals surface area contributed by atoms with Gasteiger partial charge in [0.1, 0.15) is 0 Å². The average Bonchev–Trinajstić information content (AvgIpc) is 2.38. The van der Waals surface area contributed by atoms with Crippen LogP contribution in [0, 0.1) is 4.77 Å². The molecule has 0 radical (unpaired) electrons. The normalized spacial score (nSPS) is 10.9. The Morgan fingerprint density at radius 1 is 1.42 bits per heavy atom. The van der Waals surface area contributed by atoms with E-state index in [0.29, 0.717) is 4.77 Å². The minimum atomic E-state index is -0.145. The lowest BCUT2D eigenvalue weighted by molar-refractivity contribution is 0.454. The molecule has 5 heteroatoms. The molecular formula is C7H13N3OS. The minimum Gasteiger partial charge on any atom is -0.272 e. The van der Waals surface area contributed by atoms with Crippen LogP contribution in [0.4, 0.5) is 0 Å². The molecule has 0 amide bonds. The monoisotopic (exact) mass is 187 g/mol. The number of aromatic amines is 2. The van der Waals surface area contributed by atoms with Gasteiger partial charge in [0.25, 0.3) is 0 Å². The molecular weight excluding hydrogens is 174 g/mol. The maximum atomic E-state index is 11.2. The number of hydrogen-bond donors (Lipinski definition) is 2. The van der Waals surface area contributed by atoms with Crippen LogP contribution < -0.4 is 5.69 Å². The molecule has 0 spiro atoms. The van der Waals surface area contributed by atoms with Gasteiger partial charge in [0.15, 0.2) is 4.77 Å². The van der Waals surface area contributed by atoms with Gasteiger partial charge in [-0.1, -0.05) is 13.8 Å². The zero-order chi connectivity index (χ0) is 9.14. The fourth-order valence-corrected chi connectivity index (χ4v) is 1.59. The van der Waals surface area contributed by atoms with E-state index in [2.05, 4.69) is 10.2 Å². The SMILES string of the molecule is CCC(CC)n1c(=O)[nH][nH]c1=S. The molecule has 0 aliphatic rings. The van der Waals surface area contributed by atoms with E-state index in [0.717, 1.165) is 12.8 Å². The van der Waals surface area contributed by atoms with Crippen LogP contribution in [0.25, 0.3) is 0 Å². The summed E-state index contributed by atoms with van der Waals surface area (Å²) in [5.74, 6) is 0. The summed E-state index contributed by atoms with van der Waals surface area (Å²) in [7, 11) is 0. The van der Waals surface area contributed by atoms with Crippen molar-refractivity contribution >= 4 is 12.2 Å². The molecule has 0 saturated heterocycles. The molecule has 0 aromatic carbocycles. The Balaban J connectivity index is 3.16. The van der Waals surface area contributed by atoms with Gasteiger partial charge in [0.2, 0.25) is 0 Å². The molecule has 1 rings (SSSR count). The van der Waals surface area contributed by atoms with Gasteiger partial charge in [-0.05, 0) is 25.1 Å².